The first kappa shape index (κ1) is 14.8. The largest absolute Gasteiger partial charge is 0.383 e. The lowest BCUT2D eigenvalue weighted by Crippen LogP contribution is -2.23. The zero-order valence-corrected chi connectivity index (χ0v) is 12.3. The van der Waals surface area contributed by atoms with Crippen molar-refractivity contribution in [2.45, 2.75) is 12.8 Å². The van der Waals surface area contributed by atoms with Crippen LogP contribution in [-0.4, -0.2) is 26.8 Å². The fourth-order valence-corrected chi connectivity index (χ4v) is 2.25. The zero-order chi connectivity index (χ0) is 14.2. The van der Waals surface area contributed by atoms with Gasteiger partial charge in [0.15, 0.2) is 0 Å². The number of hydrogen-bond donors (Lipinski definition) is 1. The molecule has 0 spiro atoms. The highest BCUT2D eigenvalue weighted by molar-refractivity contribution is 5.63. The monoisotopic (exact) mass is 269 g/mol. The summed E-state index contributed by atoms with van der Waals surface area (Å²) in [5.41, 5.74) is 3.91. The highest BCUT2D eigenvalue weighted by atomic mass is 16.5. The summed E-state index contributed by atoms with van der Waals surface area (Å²) in [7, 11) is 1.73. The predicted molar refractivity (Wildman–Crippen MR) is 85.0 cm³/mol. The maximum atomic E-state index is 5.03. The Morgan fingerprint density at radius 3 is 2.25 bits per heavy atom. The van der Waals surface area contributed by atoms with Gasteiger partial charge >= 0.3 is 0 Å². The molecular formula is C18H23NO. The van der Waals surface area contributed by atoms with E-state index in [1.807, 2.05) is 6.07 Å². The number of ether oxygens (including phenoxy) is 1. The molecule has 0 saturated heterocycles. The maximum absolute atomic E-state index is 5.03. The number of hydrogen-bond acceptors (Lipinski definition) is 2. The van der Waals surface area contributed by atoms with Gasteiger partial charge < -0.3 is 10.1 Å². The third-order valence-corrected chi connectivity index (χ3v) is 3.52. The Kier molecular flexibility index (Phi) is 5.78. The van der Waals surface area contributed by atoms with Gasteiger partial charge in [-0.2, -0.15) is 0 Å². The van der Waals surface area contributed by atoms with Crippen molar-refractivity contribution in [2.24, 2.45) is 0 Å². The van der Waals surface area contributed by atoms with Crippen LogP contribution in [0.2, 0.25) is 0 Å². The summed E-state index contributed by atoms with van der Waals surface area (Å²) in [6.45, 7) is 4.90. The van der Waals surface area contributed by atoms with E-state index in [1.165, 1.54) is 16.7 Å². The van der Waals surface area contributed by atoms with Crippen LogP contribution >= 0.6 is 0 Å². The third-order valence-electron chi connectivity index (χ3n) is 3.52. The quantitative estimate of drug-likeness (QED) is 0.774. The van der Waals surface area contributed by atoms with E-state index < -0.39 is 0 Å². The van der Waals surface area contributed by atoms with Crippen molar-refractivity contribution in [3.8, 4) is 11.1 Å². The van der Waals surface area contributed by atoms with E-state index in [1.54, 1.807) is 7.11 Å². The Morgan fingerprint density at radius 2 is 1.60 bits per heavy atom. The average molecular weight is 269 g/mol. The molecule has 0 aliphatic rings. The summed E-state index contributed by atoms with van der Waals surface area (Å²) in [6, 6.07) is 19.3. The minimum absolute atomic E-state index is 0.511. The van der Waals surface area contributed by atoms with E-state index in [2.05, 4.69) is 60.8 Å². The second kappa shape index (κ2) is 7.83. The lowest BCUT2D eigenvalue weighted by Gasteiger charge is -2.13. The van der Waals surface area contributed by atoms with Crippen molar-refractivity contribution >= 4 is 0 Å². The molecule has 0 amide bonds. The van der Waals surface area contributed by atoms with Gasteiger partial charge in [-0.05, 0) is 22.6 Å². The molecule has 2 heteroatoms. The molecule has 2 aromatic rings. The van der Waals surface area contributed by atoms with Crippen LogP contribution in [0.3, 0.4) is 0 Å². The van der Waals surface area contributed by atoms with Crippen LogP contribution in [0.1, 0.15) is 18.4 Å². The van der Waals surface area contributed by atoms with Crippen LogP contribution < -0.4 is 5.32 Å². The summed E-state index contributed by atoms with van der Waals surface area (Å²) in [4.78, 5) is 0. The fourth-order valence-electron chi connectivity index (χ4n) is 2.25. The highest BCUT2D eigenvalue weighted by Crippen LogP contribution is 2.22. The lowest BCUT2D eigenvalue weighted by molar-refractivity contribution is 0.199. The lowest BCUT2D eigenvalue weighted by atomic mass is 9.97. The van der Waals surface area contributed by atoms with Gasteiger partial charge in [-0.3, -0.25) is 0 Å². The summed E-state index contributed by atoms with van der Waals surface area (Å²) < 4.78 is 5.03. The van der Waals surface area contributed by atoms with Gasteiger partial charge in [0.25, 0.3) is 0 Å². The smallest absolute Gasteiger partial charge is 0.0587 e. The molecule has 0 aromatic heterocycles. The molecule has 20 heavy (non-hydrogen) atoms. The topological polar surface area (TPSA) is 21.3 Å². The molecule has 2 rings (SSSR count). The molecule has 0 heterocycles. The number of nitrogens with one attached hydrogen (secondary N) is 1. The molecule has 0 bridgehead atoms. The number of rotatable bonds is 7. The Morgan fingerprint density at radius 1 is 0.950 bits per heavy atom. The average Bonchev–Trinajstić information content (AvgIpc) is 2.52. The Balaban J connectivity index is 1.94. The Hall–Kier alpha value is -1.64. The normalized spacial score (nSPS) is 12.3. The van der Waals surface area contributed by atoms with Gasteiger partial charge in [-0.15, -0.1) is 0 Å². The van der Waals surface area contributed by atoms with E-state index >= 15 is 0 Å². The van der Waals surface area contributed by atoms with E-state index in [9.17, 15) is 0 Å². The molecular weight excluding hydrogens is 246 g/mol. The molecule has 1 N–H and O–H groups in total. The minimum atomic E-state index is 0.511. The first-order chi connectivity index (χ1) is 9.81. The van der Waals surface area contributed by atoms with Crippen molar-refractivity contribution in [3.63, 3.8) is 0 Å². The van der Waals surface area contributed by atoms with Crippen LogP contribution in [-0.2, 0) is 4.74 Å². The highest BCUT2D eigenvalue weighted by Gasteiger charge is 2.05. The standard InChI is InChI=1S/C18H23NO/c1-15(14-19-12-13-20-2)16-8-10-18(11-9-16)17-6-4-3-5-7-17/h3-11,15,19H,12-14H2,1-2H3. The van der Waals surface area contributed by atoms with E-state index in [4.69, 9.17) is 4.74 Å². The molecule has 106 valence electrons. The summed E-state index contributed by atoms with van der Waals surface area (Å²) in [6.07, 6.45) is 0. The molecule has 2 aromatic carbocycles. The van der Waals surface area contributed by atoms with Crippen LogP contribution in [0, 0.1) is 0 Å². The second-order valence-electron chi connectivity index (χ2n) is 5.09. The van der Waals surface area contributed by atoms with E-state index in [0.29, 0.717) is 5.92 Å². The van der Waals surface area contributed by atoms with Crippen LogP contribution in [0.4, 0.5) is 0 Å². The Bertz CT molecular complexity index is 493. The van der Waals surface area contributed by atoms with E-state index in [-0.39, 0.29) is 0 Å². The predicted octanol–water partition coefficient (Wildman–Crippen LogP) is 3.69. The molecule has 0 fully saturated rings. The molecule has 0 aliphatic carbocycles. The van der Waals surface area contributed by atoms with Gasteiger partial charge in [0, 0.05) is 20.2 Å². The van der Waals surface area contributed by atoms with Crippen LogP contribution in [0.5, 0.6) is 0 Å². The van der Waals surface area contributed by atoms with Gasteiger partial charge in [0.05, 0.1) is 6.61 Å². The minimum Gasteiger partial charge on any atom is -0.383 e. The van der Waals surface area contributed by atoms with Crippen LogP contribution in [0.25, 0.3) is 11.1 Å². The third kappa shape index (κ3) is 4.19. The summed E-state index contributed by atoms with van der Waals surface area (Å²) >= 11 is 0. The Labute approximate surface area is 121 Å². The van der Waals surface area contributed by atoms with Gasteiger partial charge in [-0.25, -0.2) is 0 Å². The van der Waals surface area contributed by atoms with Crippen molar-refractivity contribution in [1.82, 2.24) is 5.32 Å². The molecule has 0 aliphatic heterocycles. The summed E-state index contributed by atoms with van der Waals surface area (Å²) in [5, 5.41) is 3.41. The van der Waals surface area contributed by atoms with Gasteiger partial charge in [-0.1, -0.05) is 61.5 Å². The van der Waals surface area contributed by atoms with Crippen molar-refractivity contribution in [2.75, 3.05) is 26.8 Å². The van der Waals surface area contributed by atoms with Crippen molar-refractivity contribution in [3.05, 3.63) is 60.2 Å². The SMILES string of the molecule is COCCNCC(C)c1ccc(-c2ccccc2)cc1. The van der Waals surface area contributed by atoms with Gasteiger partial charge in [0.2, 0.25) is 0 Å². The van der Waals surface area contributed by atoms with Gasteiger partial charge in [0.1, 0.15) is 0 Å². The molecule has 1 unspecified atom stereocenters. The second-order valence-corrected chi connectivity index (χ2v) is 5.09. The number of benzene rings is 2. The summed E-state index contributed by atoms with van der Waals surface area (Å²) in [5.74, 6) is 0.511. The van der Waals surface area contributed by atoms with E-state index in [0.717, 1.165) is 19.7 Å². The zero-order valence-electron chi connectivity index (χ0n) is 12.3. The van der Waals surface area contributed by atoms with Crippen molar-refractivity contribution in [1.29, 1.82) is 0 Å². The maximum Gasteiger partial charge on any atom is 0.0587 e. The molecule has 1 atom stereocenters. The first-order valence-corrected chi connectivity index (χ1v) is 7.16. The molecule has 0 saturated carbocycles. The fraction of sp³-hybridized carbons (Fsp3) is 0.333. The first-order valence-electron chi connectivity index (χ1n) is 7.16. The molecule has 0 radical (unpaired) electrons. The van der Waals surface area contributed by atoms with Crippen LogP contribution in [0.15, 0.2) is 54.6 Å². The molecule has 2 nitrogen and oxygen atoms in total. The number of methoxy groups -OCH3 is 1. The van der Waals surface area contributed by atoms with Crippen molar-refractivity contribution < 1.29 is 4.74 Å².